The van der Waals surface area contributed by atoms with E-state index in [1.807, 2.05) is 31.2 Å². The van der Waals surface area contributed by atoms with Gasteiger partial charge in [-0.1, -0.05) is 48.0 Å². The highest BCUT2D eigenvalue weighted by molar-refractivity contribution is 5.78. The summed E-state index contributed by atoms with van der Waals surface area (Å²) in [6, 6.07) is 12.2. The molecule has 1 saturated heterocycles. The van der Waals surface area contributed by atoms with Crippen LogP contribution < -0.4 is 5.32 Å². The minimum atomic E-state index is -4.49. The summed E-state index contributed by atoms with van der Waals surface area (Å²) in [6.45, 7) is 2.20. The Morgan fingerprint density at radius 1 is 1.12 bits per heavy atom. The smallest absolute Gasteiger partial charge is 0.416 e. The first kappa shape index (κ1) is 23.8. The molecule has 1 aliphatic rings. The number of benzene rings is 2. The molecule has 1 N–H and O–H groups in total. The SMILES string of the molecule is COC(=O)[C@@H]1C[C@H](NC(=O)CCc2ccc(C)cc2)CN1Cc1ccccc1C(F)(F)F. The number of carbonyl (C=O) groups excluding carboxylic acids is 2. The molecule has 0 bridgehead atoms. The van der Waals surface area contributed by atoms with Gasteiger partial charge in [-0.15, -0.1) is 0 Å². The van der Waals surface area contributed by atoms with Crippen LogP contribution in [0.25, 0.3) is 0 Å². The van der Waals surface area contributed by atoms with E-state index in [0.717, 1.165) is 17.2 Å². The van der Waals surface area contributed by atoms with Gasteiger partial charge in [0.15, 0.2) is 0 Å². The fourth-order valence-corrected chi connectivity index (χ4v) is 4.03. The van der Waals surface area contributed by atoms with E-state index >= 15 is 0 Å². The third-order valence-electron chi connectivity index (χ3n) is 5.70. The monoisotopic (exact) mass is 448 g/mol. The van der Waals surface area contributed by atoms with Crippen molar-refractivity contribution in [2.45, 2.75) is 51.0 Å². The van der Waals surface area contributed by atoms with Crippen LogP contribution in [0, 0.1) is 6.92 Å². The lowest BCUT2D eigenvalue weighted by molar-refractivity contribution is -0.146. The zero-order chi connectivity index (χ0) is 23.3. The Morgan fingerprint density at radius 3 is 2.47 bits per heavy atom. The highest BCUT2D eigenvalue weighted by Gasteiger charge is 2.40. The molecule has 172 valence electrons. The summed E-state index contributed by atoms with van der Waals surface area (Å²) in [7, 11) is 1.25. The number of hydrogen-bond donors (Lipinski definition) is 1. The molecular formula is C24H27F3N2O3. The van der Waals surface area contributed by atoms with E-state index < -0.39 is 23.8 Å². The van der Waals surface area contributed by atoms with Gasteiger partial charge in [0.05, 0.1) is 12.7 Å². The molecule has 8 heteroatoms. The number of nitrogens with zero attached hydrogens (tertiary/aromatic N) is 1. The van der Waals surface area contributed by atoms with Gasteiger partial charge in [0.25, 0.3) is 0 Å². The molecule has 32 heavy (non-hydrogen) atoms. The van der Waals surface area contributed by atoms with Crippen molar-refractivity contribution in [1.82, 2.24) is 10.2 Å². The first-order valence-electron chi connectivity index (χ1n) is 10.5. The number of hydrogen-bond acceptors (Lipinski definition) is 4. The van der Waals surface area contributed by atoms with Crippen molar-refractivity contribution in [1.29, 1.82) is 0 Å². The van der Waals surface area contributed by atoms with Crippen LogP contribution in [-0.2, 0) is 33.5 Å². The average Bonchev–Trinajstić information content (AvgIpc) is 3.14. The third kappa shape index (κ3) is 6.09. The summed E-state index contributed by atoms with van der Waals surface area (Å²) in [5.74, 6) is -0.678. The van der Waals surface area contributed by atoms with Crippen LogP contribution >= 0.6 is 0 Å². The number of nitrogens with one attached hydrogen (secondary N) is 1. The van der Waals surface area contributed by atoms with Gasteiger partial charge in [0, 0.05) is 25.6 Å². The van der Waals surface area contributed by atoms with Gasteiger partial charge >= 0.3 is 12.1 Å². The molecule has 2 atom stereocenters. The minimum absolute atomic E-state index is 0.0643. The van der Waals surface area contributed by atoms with Gasteiger partial charge < -0.3 is 10.1 Å². The van der Waals surface area contributed by atoms with Crippen molar-refractivity contribution in [3.05, 3.63) is 70.8 Å². The van der Waals surface area contributed by atoms with Crippen LogP contribution in [0.2, 0.25) is 0 Å². The van der Waals surface area contributed by atoms with E-state index in [1.165, 1.54) is 25.3 Å². The normalized spacial score (nSPS) is 19.0. The van der Waals surface area contributed by atoms with Crippen molar-refractivity contribution in [3.63, 3.8) is 0 Å². The number of amides is 1. The number of alkyl halides is 3. The zero-order valence-corrected chi connectivity index (χ0v) is 18.1. The van der Waals surface area contributed by atoms with Gasteiger partial charge in [-0.2, -0.15) is 13.2 Å². The molecule has 1 heterocycles. The van der Waals surface area contributed by atoms with Crippen LogP contribution in [0.3, 0.4) is 0 Å². The first-order valence-corrected chi connectivity index (χ1v) is 10.5. The molecule has 5 nitrogen and oxygen atoms in total. The van der Waals surface area contributed by atoms with Crippen molar-refractivity contribution in [2.24, 2.45) is 0 Å². The number of likely N-dealkylation sites (tertiary alicyclic amines) is 1. The summed E-state index contributed by atoms with van der Waals surface area (Å²) in [4.78, 5) is 26.3. The molecule has 2 aromatic rings. The molecule has 0 saturated carbocycles. The second-order valence-corrected chi connectivity index (χ2v) is 8.11. The summed E-state index contributed by atoms with van der Waals surface area (Å²) in [5.41, 5.74) is 1.55. The minimum Gasteiger partial charge on any atom is -0.468 e. The lowest BCUT2D eigenvalue weighted by Gasteiger charge is -2.24. The number of esters is 1. The summed E-state index contributed by atoms with van der Waals surface area (Å²) in [6.07, 6.45) is -3.32. The fraction of sp³-hybridized carbons (Fsp3) is 0.417. The molecular weight excluding hydrogens is 421 g/mol. The maximum absolute atomic E-state index is 13.4. The Labute approximate surface area is 185 Å². The highest BCUT2D eigenvalue weighted by atomic mass is 19.4. The average molecular weight is 448 g/mol. The van der Waals surface area contributed by atoms with Gasteiger partial charge in [-0.25, -0.2) is 0 Å². The predicted molar refractivity (Wildman–Crippen MR) is 114 cm³/mol. The number of carbonyl (C=O) groups is 2. The Morgan fingerprint density at radius 2 is 1.81 bits per heavy atom. The Bertz CT molecular complexity index is 944. The van der Waals surface area contributed by atoms with Crippen molar-refractivity contribution in [3.8, 4) is 0 Å². The number of methoxy groups -OCH3 is 1. The van der Waals surface area contributed by atoms with Crippen molar-refractivity contribution < 1.29 is 27.5 Å². The number of rotatable bonds is 7. The number of ether oxygens (including phenoxy) is 1. The second kappa shape index (κ2) is 10.2. The Balaban J connectivity index is 1.64. The van der Waals surface area contributed by atoms with Crippen molar-refractivity contribution in [2.75, 3.05) is 13.7 Å². The maximum Gasteiger partial charge on any atom is 0.416 e. The topological polar surface area (TPSA) is 58.6 Å². The first-order chi connectivity index (χ1) is 15.2. The Kier molecular flexibility index (Phi) is 7.56. The zero-order valence-electron chi connectivity index (χ0n) is 18.1. The summed E-state index contributed by atoms with van der Waals surface area (Å²) in [5, 5.41) is 2.92. The van der Waals surface area contributed by atoms with E-state index in [9.17, 15) is 22.8 Å². The highest BCUT2D eigenvalue weighted by Crippen LogP contribution is 2.33. The second-order valence-electron chi connectivity index (χ2n) is 8.11. The maximum atomic E-state index is 13.4. The van der Waals surface area contributed by atoms with Gasteiger partial charge in [-0.3, -0.25) is 14.5 Å². The molecule has 1 amide bonds. The van der Waals surface area contributed by atoms with E-state index in [2.05, 4.69) is 5.32 Å². The van der Waals surface area contributed by atoms with Crippen LogP contribution in [0.5, 0.6) is 0 Å². The van der Waals surface area contributed by atoms with Gasteiger partial charge in [0.2, 0.25) is 5.91 Å². The molecule has 0 unspecified atom stereocenters. The Hall–Kier alpha value is -2.87. The molecule has 0 spiro atoms. The molecule has 1 aliphatic heterocycles. The lowest BCUT2D eigenvalue weighted by Crippen LogP contribution is -2.38. The van der Waals surface area contributed by atoms with Crippen LogP contribution in [0.1, 0.15) is 35.1 Å². The molecule has 1 fully saturated rings. The van der Waals surface area contributed by atoms with Crippen molar-refractivity contribution >= 4 is 11.9 Å². The van der Waals surface area contributed by atoms with Crippen LogP contribution in [0.15, 0.2) is 48.5 Å². The number of halogens is 3. The molecule has 0 aromatic heterocycles. The predicted octanol–water partition coefficient (Wildman–Crippen LogP) is 3.88. The fourth-order valence-electron chi connectivity index (χ4n) is 4.03. The molecule has 0 radical (unpaired) electrons. The van der Waals surface area contributed by atoms with E-state index in [0.29, 0.717) is 12.8 Å². The molecule has 2 aromatic carbocycles. The standard InChI is InChI=1S/C24H27F3N2O3/c1-16-7-9-17(10-8-16)11-12-22(30)28-19-13-21(23(31)32-2)29(15-19)14-18-5-3-4-6-20(18)24(25,26)27/h3-10,19,21H,11-15H2,1-2H3,(H,28,30)/t19-,21-/m0/s1. The molecule has 3 rings (SSSR count). The van der Waals surface area contributed by atoms with Crippen LogP contribution in [-0.4, -0.2) is 42.5 Å². The quantitative estimate of drug-likeness (QED) is 0.654. The molecule has 0 aliphatic carbocycles. The van der Waals surface area contributed by atoms with E-state index in [4.69, 9.17) is 4.74 Å². The lowest BCUT2D eigenvalue weighted by atomic mass is 10.1. The van der Waals surface area contributed by atoms with Crippen LogP contribution in [0.4, 0.5) is 13.2 Å². The summed E-state index contributed by atoms with van der Waals surface area (Å²) < 4.78 is 45.0. The largest absolute Gasteiger partial charge is 0.468 e. The van der Waals surface area contributed by atoms with Gasteiger partial charge in [0.1, 0.15) is 6.04 Å². The third-order valence-corrected chi connectivity index (χ3v) is 5.70. The van der Waals surface area contributed by atoms with E-state index in [1.54, 1.807) is 4.90 Å². The number of aryl methyl sites for hydroxylation is 2. The van der Waals surface area contributed by atoms with E-state index in [-0.39, 0.29) is 37.0 Å². The summed E-state index contributed by atoms with van der Waals surface area (Å²) >= 11 is 0. The van der Waals surface area contributed by atoms with Gasteiger partial charge in [-0.05, 0) is 37.0 Å².